The highest BCUT2D eigenvalue weighted by atomic mass is 32.1. The molecule has 3 rings (SSSR count). The van der Waals surface area contributed by atoms with Gasteiger partial charge in [0.2, 0.25) is 5.13 Å². The Hall–Kier alpha value is -1.62. The lowest BCUT2D eigenvalue weighted by atomic mass is 10.1. The highest BCUT2D eigenvalue weighted by molar-refractivity contribution is 7.09. The molecule has 0 saturated heterocycles. The van der Waals surface area contributed by atoms with Crippen molar-refractivity contribution in [3.63, 3.8) is 0 Å². The molecule has 1 aromatic carbocycles. The molecule has 1 aliphatic rings. The van der Waals surface area contributed by atoms with E-state index in [1.54, 1.807) is 7.11 Å². The molecule has 0 unspecified atom stereocenters. The molecule has 1 heterocycles. The number of benzene rings is 1. The van der Waals surface area contributed by atoms with Crippen LogP contribution in [0.25, 0.3) is 0 Å². The molecule has 20 heavy (non-hydrogen) atoms. The predicted molar refractivity (Wildman–Crippen MR) is 81.8 cm³/mol. The molecule has 1 saturated carbocycles. The number of methoxy groups -OCH3 is 1. The van der Waals surface area contributed by atoms with Crippen molar-refractivity contribution in [1.82, 2.24) is 9.36 Å². The van der Waals surface area contributed by atoms with Crippen LogP contribution < -0.4 is 10.1 Å². The van der Waals surface area contributed by atoms with Crippen LogP contribution >= 0.6 is 11.5 Å². The second-order valence-electron chi connectivity index (χ2n) is 5.22. The Balaban J connectivity index is 1.57. The standard InChI is InChI=1S/C15H19N3OS/c1-10-3-6-13(19-2)12(9-10)7-8-16-15-17-14(18-20-15)11-4-5-11/h3,6,9,11H,4-5,7-8H2,1-2H3,(H,16,17,18). The highest BCUT2D eigenvalue weighted by Gasteiger charge is 2.27. The van der Waals surface area contributed by atoms with Crippen LogP contribution in [0.2, 0.25) is 0 Å². The van der Waals surface area contributed by atoms with Crippen molar-refractivity contribution >= 4 is 16.7 Å². The topological polar surface area (TPSA) is 47.0 Å². The summed E-state index contributed by atoms with van der Waals surface area (Å²) in [4.78, 5) is 4.53. The van der Waals surface area contributed by atoms with Crippen LogP contribution in [0.4, 0.5) is 5.13 Å². The van der Waals surface area contributed by atoms with Crippen molar-refractivity contribution in [2.75, 3.05) is 19.0 Å². The van der Waals surface area contributed by atoms with Crippen molar-refractivity contribution in [2.45, 2.75) is 32.1 Å². The number of rotatable bonds is 6. The Bertz CT molecular complexity index is 593. The first-order chi connectivity index (χ1) is 9.76. The molecule has 0 spiro atoms. The Kier molecular flexibility index (Phi) is 3.87. The first-order valence-corrected chi connectivity index (χ1v) is 7.74. The van der Waals surface area contributed by atoms with Gasteiger partial charge in [0.05, 0.1) is 7.11 Å². The number of hydrogen-bond donors (Lipinski definition) is 1. The van der Waals surface area contributed by atoms with Crippen molar-refractivity contribution in [3.05, 3.63) is 35.2 Å². The molecular formula is C15H19N3OS. The van der Waals surface area contributed by atoms with Gasteiger partial charge in [-0.3, -0.25) is 0 Å². The lowest BCUT2D eigenvalue weighted by molar-refractivity contribution is 0.410. The van der Waals surface area contributed by atoms with E-state index in [-0.39, 0.29) is 0 Å². The SMILES string of the molecule is COc1ccc(C)cc1CCNc1nc(C2CC2)ns1. The second-order valence-corrected chi connectivity index (χ2v) is 5.98. The zero-order chi connectivity index (χ0) is 13.9. The van der Waals surface area contributed by atoms with Gasteiger partial charge in [0.25, 0.3) is 0 Å². The summed E-state index contributed by atoms with van der Waals surface area (Å²) in [7, 11) is 1.72. The van der Waals surface area contributed by atoms with E-state index in [9.17, 15) is 0 Å². The van der Waals surface area contributed by atoms with Crippen LogP contribution in [0.15, 0.2) is 18.2 Å². The molecule has 1 aromatic heterocycles. The minimum Gasteiger partial charge on any atom is -0.496 e. The van der Waals surface area contributed by atoms with Crippen molar-refractivity contribution in [3.8, 4) is 5.75 Å². The third-order valence-electron chi connectivity index (χ3n) is 3.49. The van der Waals surface area contributed by atoms with Gasteiger partial charge in [0.15, 0.2) is 0 Å². The lowest BCUT2D eigenvalue weighted by Crippen LogP contribution is -2.06. The maximum absolute atomic E-state index is 5.39. The largest absolute Gasteiger partial charge is 0.496 e. The molecule has 0 atom stereocenters. The summed E-state index contributed by atoms with van der Waals surface area (Å²) in [5.74, 6) is 2.60. The Labute approximate surface area is 123 Å². The number of aromatic nitrogens is 2. The number of ether oxygens (including phenoxy) is 1. The summed E-state index contributed by atoms with van der Waals surface area (Å²) >= 11 is 1.46. The van der Waals surface area contributed by atoms with Gasteiger partial charge in [-0.25, -0.2) is 4.98 Å². The van der Waals surface area contributed by atoms with Crippen molar-refractivity contribution in [1.29, 1.82) is 0 Å². The summed E-state index contributed by atoms with van der Waals surface area (Å²) in [6.07, 6.45) is 3.41. The number of nitrogens with one attached hydrogen (secondary N) is 1. The Morgan fingerprint density at radius 2 is 2.25 bits per heavy atom. The van der Waals surface area contributed by atoms with E-state index in [1.165, 1.54) is 35.5 Å². The fourth-order valence-electron chi connectivity index (χ4n) is 2.22. The maximum atomic E-state index is 5.39. The van der Waals surface area contributed by atoms with E-state index in [4.69, 9.17) is 4.74 Å². The third kappa shape index (κ3) is 3.10. The fraction of sp³-hybridized carbons (Fsp3) is 0.467. The van der Waals surface area contributed by atoms with Crippen molar-refractivity contribution < 1.29 is 4.74 Å². The van der Waals surface area contributed by atoms with Crippen LogP contribution in [-0.4, -0.2) is 23.0 Å². The van der Waals surface area contributed by atoms with Crippen LogP contribution in [0.1, 0.15) is 35.7 Å². The number of aryl methyl sites for hydroxylation is 1. The third-order valence-corrected chi connectivity index (χ3v) is 4.18. The molecule has 1 aliphatic carbocycles. The molecule has 1 N–H and O–H groups in total. The summed E-state index contributed by atoms with van der Waals surface area (Å²) in [6.45, 7) is 2.95. The summed E-state index contributed by atoms with van der Waals surface area (Å²) in [5.41, 5.74) is 2.49. The zero-order valence-electron chi connectivity index (χ0n) is 11.8. The molecule has 0 aliphatic heterocycles. The van der Waals surface area contributed by atoms with Gasteiger partial charge in [-0.15, -0.1) is 0 Å². The molecule has 2 aromatic rings. The number of nitrogens with zero attached hydrogens (tertiary/aromatic N) is 2. The Morgan fingerprint density at radius 1 is 1.40 bits per heavy atom. The number of hydrogen-bond acceptors (Lipinski definition) is 5. The molecule has 5 heteroatoms. The van der Waals surface area contributed by atoms with Gasteiger partial charge >= 0.3 is 0 Å². The van der Waals surface area contributed by atoms with Gasteiger partial charge in [-0.1, -0.05) is 17.7 Å². The molecule has 4 nitrogen and oxygen atoms in total. The molecular weight excluding hydrogens is 270 g/mol. The predicted octanol–water partition coefficient (Wildman–Crippen LogP) is 3.39. The summed E-state index contributed by atoms with van der Waals surface area (Å²) in [5, 5.41) is 4.29. The average molecular weight is 289 g/mol. The van der Waals surface area contributed by atoms with Crippen LogP contribution in [-0.2, 0) is 6.42 Å². The minimum absolute atomic E-state index is 0.624. The lowest BCUT2D eigenvalue weighted by Gasteiger charge is -2.09. The van der Waals surface area contributed by atoms with Crippen LogP contribution in [0, 0.1) is 6.92 Å². The van der Waals surface area contributed by atoms with E-state index >= 15 is 0 Å². The molecule has 1 fully saturated rings. The normalized spacial score (nSPS) is 14.3. The quantitative estimate of drug-likeness (QED) is 0.885. The maximum Gasteiger partial charge on any atom is 0.202 e. The van der Waals surface area contributed by atoms with E-state index in [1.807, 2.05) is 6.07 Å². The van der Waals surface area contributed by atoms with Crippen LogP contribution in [0.3, 0.4) is 0 Å². The van der Waals surface area contributed by atoms with Gasteiger partial charge in [0.1, 0.15) is 11.6 Å². The first kappa shape index (κ1) is 13.4. The second kappa shape index (κ2) is 5.79. The van der Waals surface area contributed by atoms with E-state index < -0.39 is 0 Å². The van der Waals surface area contributed by atoms with Gasteiger partial charge in [0, 0.05) is 24.0 Å². The smallest absolute Gasteiger partial charge is 0.202 e. The van der Waals surface area contributed by atoms with E-state index in [2.05, 4.69) is 33.7 Å². The highest BCUT2D eigenvalue weighted by Crippen LogP contribution is 2.39. The summed E-state index contributed by atoms with van der Waals surface area (Å²) < 4.78 is 9.79. The summed E-state index contributed by atoms with van der Waals surface area (Å²) in [6, 6.07) is 6.28. The van der Waals surface area contributed by atoms with E-state index in [0.29, 0.717) is 5.92 Å². The monoisotopic (exact) mass is 289 g/mol. The minimum atomic E-state index is 0.624. The fourth-order valence-corrected chi connectivity index (χ4v) is 2.89. The molecule has 0 radical (unpaired) electrons. The number of anilines is 1. The molecule has 106 valence electrons. The van der Waals surface area contributed by atoms with Gasteiger partial charge in [-0.05, 0) is 37.8 Å². The van der Waals surface area contributed by atoms with E-state index in [0.717, 1.165) is 29.7 Å². The van der Waals surface area contributed by atoms with Gasteiger partial charge < -0.3 is 10.1 Å². The van der Waals surface area contributed by atoms with Gasteiger partial charge in [-0.2, -0.15) is 4.37 Å². The van der Waals surface area contributed by atoms with Crippen LogP contribution in [0.5, 0.6) is 5.75 Å². The Morgan fingerprint density at radius 3 is 3.00 bits per heavy atom. The zero-order valence-corrected chi connectivity index (χ0v) is 12.7. The first-order valence-electron chi connectivity index (χ1n) is 6.97. The molecule has 0 bridgehead atoms. The molecule has 0 amide bonds. The average Bonchev–Trinajstić information content (AvgIpc) is 3.19. The van der Waals surface area contributed by atoms with Crippen molar-refractivity contribution in [2.24, 2.45) is 0 Å².